The van der Waals surface area contributed by atoms with Gasteiger partial charge in [0, 0.05) is 5.56 Å². The molecule has 6 nitrogen and oxygen atoms in total. The maximum atomic E-state index is 12.4. The number of nitrogens with zero attached hydrogens (tertiary/aromatic N) is 2. The Balaban J connectivity index is 1.77. The lowest BCUT2D eigenvalue weighted by molar-refractivity contribution is -0.0500. The summed E-state index contributed by atoms with van der Waals surface area (Å²) >= 11 is 0. The van der Waals surface area contributed by atoms with Crippen LogP contribution in [0, 0.1) is 0 Å². The third-order valence-corrected chi connectivity index (χ3v) is 5.48. The van der Waals surface area contributed by atoms with E-state index < -0.39 is 21.4 Å². The molecule has 31 heavy (non-hydrogen) atoms. The summed E-state index contributed by atoms with van der Waals surface area (Å²) in [5, 5.41) is 0. The van der Waals surface area contributed by atoms with E-state index in [1.807, 2.05) is 0 Å². The van der Waals surface area contributed by atoms with Crippen molar-refractivity contribution in [2.75, 3.05) is 6.61 Å². The highest BCUT2D eigenvalue weighted by atomic mass is 32.2. The van der Waals surface area contributed by atoms with Gasteiger partial charge in [-0.05, 0) is 30.7 Å². The molecule has 0 amide bonds. The van der Waals surface area contributed by atoms with Gasteiger partial charge in [-0.3, -0.25) is 0 Å². The van der Waals surface area contributed by atoms with Gasteiger partial charge in [0.05, 0.1) is 19.0 Å². The maximum absolute atomic E-state index is 12.4. The molecule has 0 atom stereocenters. The fraction of sp³-hybridized carbons (Fsp3) is 0.524. The lowest BCUT2D eigenvalue weighted by atomic mass is 10.1. The fourth-order valence-corrected chi connectivity index (χ4v) is 3.26. The van der Waals surface area contributed by atoms with E-state index in [9.17, 15) is 21.6 Å². The van der Waals surface area contributed by atoms with Gasteiger partial charge in [0.15, 0.2) is 11.6 Å². The van der Waals surface area contributed by atoms with Gasteiger partial charge in [-0.2, -0.15) is 21.6 Å². The Morgan fingerprint density at radius 3 is 1.94 bits per heavy atom. The number of alkyl halides is 3. The first-order valence-corrected chi connectivity index (χ1v) is 11.7. The minimum absolute atomic E-state index is 0.324. The van der Waals surface area contributed by atoms with Gasteiger partial charge in [-0.25, -0.2) is 9.97 Å². The molecule has 0 N–H and O–H groups in total. The highest BCUT2D eigenvalue weighted by Gasteiger charge is 2.48. The van der Waals surface area contributed by atoms with Crippen LogP contribution in [-0.4, -0.2) is 30.5 Å². The van der Waals surface area contributed by atoms with Crippen LogP contribution in [-0.2, 0) is 10.1 Å². The Morgan fingerprint density at radius 1 is 0.839 bits per heavy atom. The number of aromatic nitrogens is 2. The molecule has 1 aromatic carbocycles. The first kappa shape index (κ1) is 24.9. The molecule has 0 fully saturated rings. The number of hydrogen-bond acceptors (Lipinski definition) is 6. The van der Waals surface area contributed by atoms with Crippen LogP contribution in [0.4, 0.5) is 13.2 Å². The third kappa shape index (κ3) is 8.35. The topological polar surface area (TPSA) is 78.4 Å². The molecule has 1 aromatic heterocycles. The summed E-state index contributed by atoms with van der Waals surface area (Å²) in [5.41, 5.74) is -4.99. The van der Waals surface area contributed by atoms with Crippen molar-refractivity contribution in [2.45, 2.75) is 63.8 Å². The largest absolute Gasteiger partial charge is 0.534 e. The molecule has 0 bridgehead atoms. The minimum Gasteiger partial charge on any atom is -0.490 e. The van der Waals surface area contributed by atoms with Gasteiger partial charge in [-0.15, -0.1) is 0 Å². The normalized spacial score (nSPS) is 12.0. The average Bonchev–Trinajstić information content (AvgIpc) is 2.72. The molecule has 0 spiro atoms. The lowest BCUT2D eigenvalue weighted by Crippen LogP contribution is -2.28. The maximum Gasteiger partial charge on any atom is 0.534 e. The standard InChI is InChI=1S/C21H27F3N2O4S/c1-2-3-4-5-6-7-8-9-14-29-19-15-25-20(26-16-19)17-10-12-18(13-11-17)30-31(27,28)21(22,23)24/h10-13,15-16H,2-9,14H2,1H3. The van der Waals surface area contributed by atoms with Crippen LogP contribution in [0.5, 0.6) is 11.5 Å². The second-order valence-electron chi connectivity index (χ2n) is 7.07. The number of halogens is 3. The van der Waals surface area contributed by atoms with Crippen LogP contribution in [0.2, 0.25) is 0 Å². The number of rotatable bonds is 13. The van der Waals surface area contributed by atoms with Gasteiger partial charge in [0.1, 0.15) is 5.75 Å². The summed E-state index contributed by atoms with van der Waals surface area (Å²) < 4.78 is 68.8. The van der Waals surface area contributed by atoms with E-state index in [4.69, 9.17) is 4.74 Å². The molecule has 0 unspecified atom stereocenters. The Kier molecular flexibility index (Phi) is 9.54. The number of benzene rings is 1. The summed E-state index contributed by atoms with van der Waals surface area (Å²) in [6, 6.07) is 4.96. The van der Waals surface area contributed by atoms with Gasteiger partial charge < -0.3 is 8.92 Å². The Hall–Kier alpha value is -2.36. The monoisotopic (exact) mass is 460 g/mol. The second kappa shape index (κ2) is 11.9. The molecule has 0 aliphatic heterocycles. The highest BCUT2D eigenvalue weighted by Crippen LogP contribution is 2.28. The smallest absolute Gasteiger partial charge is 0.490 e. The first-order chi connectivity index (χ1) is 14.7. The van der Waals surface area contributed by atoms with Gasteiger partial charge in [0.25, 0.3) is 0 Å². The first-order valence-electron chi connectivity index (χ1n) is 10.3. The average molecular weight is 461 g/mol. The van der Waals surface area contributed by atoms with Crippen molar-refractivity contribution in [3.8, 4) is 22.9 Å². The van der Waals surface area contributed by atoms with Crippen molar-refractivity contribution >= 4 is 10.1 Å². The Labute approximate surface area is 181 Å². The highest BCUT2D eigenvalue weighted by molar-refractivity contribution is 7.88. The number of unbranched alkanes of at least 4 members (excludes halogenated alkanes) is 7. The van der Waals surface area contributed by atoms with Crippen molar-refractivity contribution in [2.24, 2.45) is 0 Å². The van der Waals surface area contributed by atoms with Crippen LogP contribution in [0.1, 0.15) is 58.3 Å². The quantitative estimate of drug-likeness (QED) is 0.211. The Morgan fingerprint density at radius 2 is 1.39 bits per heavy atom. The van der Waals surface area contributed by atoms with Crippen molar-refractivity contribution in [1.82, 2.24) is 9.97 Å². The van der Waals surface area contributed by atoms with Crippen LogP contribution in [0.15, 0.2) is 36.7 Å². The van der Waals surface area contributed by atoms with Crippen LogP contribution in [0.3, 0.4) is 0 Å². The van der Waals surface area contributed by atoms with E-state index in [2.05, 4.69) is 21.1 Å². The zero-order valence-corrected chi connectivity index (χ0v) is 18.2. The molecule has 0 saturated heterocycles. The van der Waals surface area contributed by atoms with Crippen molar-refractivity contribution in [3.05, 3.63) is 36.7 Å². The molecular weight excluding hydrogens is 433 g/mol. The molecule has 10 heteroatoms. The van der Waals surface area contributed by atoms with E-state index in [0.717, 1.165) is 25.0 Å². The number of ether oxygens (including phenoxy) is 1. The summed E-state index contributed by atoms with van der Waals surface area (Å²) in [4.78, 5) is 8.35. The van der Waals surface area contributed by atoms with E-state index in [0.29, 0.717) is 23.7 Å². The summed E-state index contributed by atoms with van der Waals surface area (Å²) in [6.07, 6.45) is 12.7. The Bertz CT molecular complexity index is 886. The van der Waals surface area contributed by atoms with E-state index >= 15 is 0 Å². The zero-order chi connectivity index (χ0) is 22.7. The second-order valence-corrected chi connectivity index (χ2v) is 8.61. The predicted octanol–water partition coefficient (Wildman–Crippen LogP) is 5.89. The van der Waals surface area contributed by atoms with Crippen LogP contribution >= 0.6 is 0 Å². The molecule has 1 heterocycles. The molecule has 2 rings (SSSR count). The van der Waals surface area contributed by atoms with Crippen molar-refractivity contribution in [3.63, 3.8) is 0 Å². The van der Waals surface area contributed by atoms with E-state index in [-0.39, 0.29) is 0 Å². The third-order valence-electron chi connectivity index (χ3n) is 4.50. The summed E-state index contributed by atoms with van der Waals surface area (Å²) in [7, 11) is -5.70. The summed E-state index contributed by atoms with van der Waals surface area (Å²) in [6.45, 7) is 2.78. The molecule has 0 saturated carbocycles. The molecule has 2 aromatic rings. The molecule has 172 valence electrons. The predicted molar refractivity (Wildman–Crippen MR) is 111 cm³/mol. The molecular formula is C21H27F3N2O4S. The molecule has 0 aliphatic carbocycles. The minimum atomic E-state index is -5.70. The zero-order valence-electron chi connectivity index (χ0n) is 17.4. The molecule has 0 aliphatic rings. The fourth-order valence-electron chi connectivity index (χ4n) is 2.80. The van der Waals surface area contributed by atoms with Crippen molar-refractivity contribution < 1.29 is 30.5 Å². The molecule has 0 radical (unpaired) electrons. The lowest BCUT2D eigenvalue weighted by Gasteiger charge is -2.09. The van der Waals surface area contributed by atoms with E-state index in [1.54, 1.807) is 0 Å². The SMILES string of the molecule is CCCCCCCCCCOc1cnc(-c2ccc(OS(=O)(=O)C(F)(F)F)cc2)nc1. The van der Waals surface area contributed by atoms with Gasteiger partial charge in [-0.1, -0.05) is 51.9 Å². The van der Waals surface area contributed by atoms with Crippen LogP contribution in [0.25, 0.3) is 11.4 Å². The van der Waals surface area contributed by atoms with Crippen molar-refractivity contribution in [1.29, 1.82) is 0 Å². The van der Waals surface area contributed by atoms with Gasteiger partial charge in [0.2, 0.25) is 0 Å². The number of hydrogen-bond donors (Lipinski definition) is 0. The van der Waals surface area contributed by atoms with Crippen LogP contribution < -0.4 is 8.92 Å². The summed E-state index contributed by atoms with van der Waals surface area (Å²) in [5.74, 6) is 0.402. The van der Waals surface area contributed by atoms with Gasteiger partial charge >= 0.3 is 15.6 Å². The van der Waals surface area contributed by atoms with E-state index in [1.165, 1.54) is 63.1 Å².